The first-order valence-electron chi connectivity index (χ1n) is 28.6. The van der Waals surface area contributed by atoms with Gasteiger partial charge < -0.3 is 39.6 Å². The molecule has 4 aliphatic heterocycles. The first-order chi connectivity index (χ1) is 36.7. The first kappa shape index (κ1) is 58.2. The van der Waals surface area contributed by atoms with Gasteiger partial charge in [-0.1, -0.05) is 66.0 Å². The van der Waals surface area contributed by atoms with Crippen molar-refractivity contribution in [1.82, 2.24) is 35.4 Å². The summed E-state index contributed by atoms with van der Waals surface area (Å²) in [6.45, 7) is 17.8. The molecule has 8 rings (SSSR count). The summed E-state index contributed by atoms with van der Waals surface area (Å²) < 4.78 is 68.5. The van der Waals surface area contributed by atoms with Gasteiger partial charge >= 0.3 is 6.18 Å². The number of amides is 2. The van der Waals surface area contributed by atoms with Gasteiger partial charge in [0.1, 0.15) is 37.7 Å². The lowest BCUT2D eigenvalue weighted by Gasteiger charge is -2.36. The Morgan fingerprint density at radius 2 is 1.71 bits per heavy atom. The molecule has 3 aromatic rings. The number of methoxy groups -OCH3 is 1. The summed E-state index contributed by atoms with van der Waals surface area (Å²) in [5.41, 5.74) is 18.6. The number of ether oxygens (including phenoxy) is 3. The number of hydrogen-bond donors (Lipinski definition) is 4. The van der Waals surface area contributed by atoms with E-state index in [1.165, 1.54) is 17.4 Å². The number of likely N-dealkylation sites (N-methyl/N-ethyl adjacent to an activating group) is 1. The highest BCUT2D eigenvalue weighted by molar-refractivity contribution is 5.97. The number of nitrogens with one attached hydrogen (secondary N) is 3. The van der Waals surface area contributed by atoms with Crippen LogP contribution in [0.1, 0.15) is 110 Å². The average Bonchev–Trinajstić information content (AvgIpc) is 4.28. The molecule has 4 atom stereocenters. The van der Waals surface area contributed by atoms with E-state index in [4.69, 9.17) is 19.9 Å². The number of benzene rings is 2. The molecule has 1 aromatic heterocycles. The lowest BCUT2D eigenvalue weighted by molar-refractivity contribution is -0.519. The molecule has 424 valence electrons. The highest BCUT2D eigenvalue weighted by Gasteiger charge is 2.38. The standard InChI is InChI=1S/C60H88F3N9O5/c1-10-11-12-13-20-65-67-58(74)52-29-41-27-44(30-47(28-41)76-36-54(42-18-21-68(7)22-19-42)77-35-51(39(2)3)57(73)66-52)43-14-17-53-48(31-43)50(33-59(5,6)38-75-9)56(72(53)37-60(61,62)63)49-32-46(34-69(8)40(4)55(49)64)71-25-23-70(24-26-71)45-15-16-45/h14,17,27-28,30-32,34,39-40,42,45,51-52,54,64-65H,10-13,15-16,18-26,29,33,35-38H2,1-9H3,(H2,66,67,73,74)/p+1/t40?,51-,52?,54?/m0/s1. The highest BCUT2D eigenvalue weighted by Crippen LogP contribution is 2.42. The summed E-state index contributed by atoms with van der Waals surface area (Å²) in [7, 11) is 5.75. The maximum Gasteiger partial charge on any atom is 0.406 e. The number of piperidine rings is 1. The Morgan fingerprint density at radius 1 is 0.974 bits per heavy atom. The van der Waals surface area contributed by atoms with Crippen molar-refractivity contribution in [3.8, 4) is 16.9 Å². The topological polar surface area (TPSA) is 142 Å². The number of hydrazine groups is 1. The molecule has 14 nitrogen and oxygen atoms in total. The number of unbranched alkanes of at least 4 members (excludes halogenated alkanes) is 3. The maximum atomic E-state index is 15.2. The number of piperazine rings is 1. The molecule has 2 bridgehead atoms. The van der Waals surface area contributed by atoms with Crippen LogP contribution in [0.3, 0.4) is 0 Å². The van der Waals surface area contributed by atoms with E-state index in [9.17, 15) is 9.59 Å². The van der Waals surface area contributed by atoms with Crippen molar-refractivity contribution >= 4 is 34.5 Å². The molecule has 1 aliphatic carbocycles. The van der Waals surface area contributed by atoms with Crippen LogP contribution in [-0.2, 0) is 38.4 Å². The lowest BCUT2D eigenvalue weighted by atomic mass is 9.84. The van der Waals surface area contributed by atoms with Crippen molar-refractivity contribution in [2.45, 2.75) is 143 Å². The van der Waals surface area contributed by atoms with Crippen LogP contribution in [0.15, 0.2) is 53.9 Å². The zero-order valence-electron chi connectivity index (χ0n) is 47.5. The SMILES string of the molecule is CCCCCCNNC(=O)C1Cc2cc(cc(-c3ccc4c(c3)c(CC(C)(C)COC)c(C3=C(N)C(C)[N+](C)=CC(N5CCN(C6CC6)CC5)=C3)n4CC(F)(F)F)c2)OCC(C2CCN(C)CC2)OC[C@@H](C(C)C)C(=O)N1. The van der Waals surface area contributed by atoms with Crippen LogP contribution in [0.5, 0.6) is 5.75 Å². The fraction of sp³-hybridized carbons (Fsp3) is 0.650. The molecule has 5 N–H and O–H groups in total. The summed E-state index contributed by atoms with van der Waals surface area (Å²) in [6, 6.07) is 11.0. The second-order valence-corrected chi connectivity index (χ2v) is 24.0. The second-order valence-electron chi connectivity index (χ2n) is 24.0. The lowest BCUT2D eigenvalue weighted by Crippen LogP contribution is -2.54. The molecule has 0 radical (unpaired) electrons. The molecule has 3 unspecified atom stereocenters. The van der Waals surface area contributed by atoms with E-state index in [0.717, 1.165) is 106 Å². The molecule has 2 aromatic carbocycles. The zero-order chi connectivity index (χ0) is 55.2. The number of rotatable bonds is 18. The molecule has 2 saturated heterocycles. The fourth-order valence-corrected chi connectivity index (χ4v) is 11.9. The monoisotopic (exact) mass is 1070 g/mol. The maximum absolute atomic E-state index is 15.2. The molecule has 1 saturated carbocycles. The zero-order valence-corrected chi connectivity index (χ0v) is 47.5. The predicted octanol–water partition coefficient (Wildman–Crippen LogP) is 8.15. The quantitative estimate of drug-likeness (QED) is 0.0561. The van der Waals surface area contributed by atoms with Crippen molar-refractivity contribution in [1.29, 1.82) is 0 Å². The van der Waals surface area contributed by atoms with Gasteiger partial charge in [0, 0.05) is 75.7 Å². The van der Waals surface area contributed by atoms with Crippen LogP contribution in [0, 0.1) is 23.2 Å². The van der Waals surface area contributed by atoms with E-state index >= 15 is 13.2 Å². The molecule has 77 heavy (non-hydrogen) atoms. The van der Waals surface area contributed by atoms with E-state index < -0.39 is 30.1 Å². The fourth-order valence-electron chi connectivity index (χ4n) is 11.9. The third kappa shape index (κ3) is 14.9. The first-order valence-corrected chi connectivity index (χ1v) is 28.6. The third-order valence-corrected chi connectivity index (χ3v) is 16.8. The van der Waals surface area contributed by atoms with Crippen LogP contribution >= 0.6 is 0 Å². The number of fused-ring (bicyclic) bond motifs is 3. The number of carbonyl (C=O) groups excluding carboxylic acids is 2. The van der Waals surface area contributed by atoms with Crippen molar-refractivity contribution in [2.75, 3.05) is 86.8 Å². The predicted molar refractivity (Wildman–Crippen MR) is 300 cm³/mol. The van der Waals surface area contributed by atoms with Gasteiger partial charge in [-0.25, -0.2) is 10.0 Å². The Morgan fingerprint density at radius 3 is 2.39 bits per heavy atom. The van der Waals surface area contributed by atoms with E-state index in [0.29, 0.717) is 59.2 Å². The number of allylic oxidation sites excluding steroid dienone is 3. The van der Waals surface area contributed by atoms with Gasteiger partial charge in [0.15, 0.2) is 12.3 Å². The summed E-state index contributed by atoms with van der Waals surface area (Å²) in [6.07, 6.45) is 8.24. The van der Waals surface area contributed by atoms with Crippen LogP contribution < -0.4 is 26.6 Å². The van der Waals surface area contributed by atoms with Gasteiger partial charge in [-0.05, 0) is 129 Å². The number of halogens is 3. The van der Waals surface area contributed by atoms with Crippen LogP contribution in [0.25, 0.3) is 27.6 Å². The van der Waals surface area contributed by atoms with Crippen LogP contribution in [0.2, 0.25) is 0 Å². The number of likely N-dealkylation sites (tertiary alicyclic amines) is 1. The van der Waals surface area contributed by atoms with Crippen molar-refractivity contribution in [3.63, 3.8) is 0 Å². The van der Waals surface area contributed by atoms with Gasteiger partial charge in [0.05, 0.1) is 36.6 Å². The van der Waals surface area contributed by atoms with Crippen molar-refractivity contribution in [3.05, 3.63) is 70.7 Å². The average molecular weight is 1070 g/mol. The van der Waals surface area contributed by atoms with Crippen molar-refractivity contribution in [2.24, 2.45) is 28.9 Å². The molecule has 0 spiro atoms. The minimum absolute atomic E-state index is 0.0668. The minimum Gasteiger partial charge on any atom is -0.491 e. The third-order valence-electron chi connectivity index (χ3n) is 16.8. The number of nitrogens with zero attached hydrogens (tertiary/aromatic N) is 5. The van der Waals surface area contributed by atoms with Gasteiger partial charge in [-0.15, -0.1) is 0 Å². The Balaban J connectivity index is 1.26. The van der Waals surface area contributed by atoms with Crippen LogP contribution in [-0.4, -0.2) is 159 Å². The summed E-state index contributed by atoms with van der Waals surface area (Å²) in [4.78, 5) is 35.8. The molecular formula is C60H89F3N9O5+. The summed E-state index contributed by atoms with van der Waals surface area (Å²) in [5.74, 6) is -0.426. The second kappa shape index (κ2) is 25.5. The number of aromatic nitrogens is 1. The van der Waals surface area contributed by atoms with Crippen LogP contribution in [0.4, 0.5) is 13.2 Å². The van der Waals surface area contributed by atoms with Gasteiger partial charge in [-0.2, -0.15) is 13.2 Å². The summed E-state index contributed by atoms with van der Waals surface area (Å²) >= 11 is 0. The highest BCUT2D eigenvalue weighted by atomic mass is 19.4. The molecule has 5 heterocycles. The number of nitrogens with two attached hydrogens (primary N) is 1. The largest absolute Gasteiger partial charge is 0.491 e. The Kier molecular flexibility index (Phi) is 19.2. The van der Waals surface area contributed by atoms with E-state index in [1.807, 2.05) is 64.2 Å². The minimum atomic E-state index is -4.56. The van der Waals surface area contributed by atoms with Gasteiger partial charge in [-0.3, -0.25) is 19.9 Å². The smallest absolute Gasteiger partial charge is 0.406 e. The van der Waals surface area contributed by atoms with E-state index in [-0.39, 0.29) is 55.4 Å². The van der Waals surface area contributed by atoms with E-state index in [1.54, 1.807) is 13.2 Å². The van der Waals surface area contributed by atoms with Crippen molar-refractivity contribution < 1.29 is 41.5 Å². The molecular weight excluding hydrogens is 984 g/mol. The van der Waals surface area contributed by atoms with E-state index in [2.05, 4.69) is 69.5 Å². The summed E-state index contributed by atoms with van der Waals surface area (Å²) in [5, 5.41) is 3.81. The van der Waals surface area contributed by atoms with Gasteiger partial charge in [0.25, 0.3) is 5.91 Å². The number of carbonyl (C=O) groups is 2. The number of alkyl halides is 3. The van der Waals surface area contributed by atoms with Gasteiger partial charge in [0.2, 0.25) is 5.91 Å². The Labute approximate surface area is 455 Å². The normalized spacial score (nSPS) is 23.2. The molecule has 5 aliphatic rings. The molecule has 2 amide bonds. The molecule has 17 heteroatoms. The number of hydrogen-bond acceptors (Lipinski definition) is 10. The molecule has 3 fully saturated rings. The Hall–Kier alpha value is -4.94. The Bertz CT molecular complexity index is 2620.